The van der Waals surface area contributed by atoms with Crippen molar-refractivity contribution in [3.05, 3.63) is 71.8 Å². The van der Waals surface area contributed by atoms with Crippen molar-refractivity contribution in [2.45, 2.75) is 25.2 Å². The summed E-state index contributed by atoms with van der Waals surface area (Å²) in [5.74, 6) is 0.519. The zero-order chi connectivity index (χ0) is 17.2. The molecule has 2 nitrogen and oxygen atoms in total. The van der Waals surface area contributed by atoms with E-state index in [0.29, 0.717) is 6.61 Å². The standard InChI is InChI=1S/C18H17O2.3CH3.Sn/c1-13-16(12-20-18(13)19)17(14-8-4-2-5-9-14)15-10-6-3-7-11-15;;;;/h2-11,13,16-17H,1,12H2;3*1H3;/t13-,16+;;;;/m0..../s1. The summed E-state index contributed by atoms with van der Waals surface area (Å²) >= 11 is -2.10. The molecule has 2 aromatic rings. The van der Waals surface area contributed by atoms with Crippen LogP contribution < -0.4 is 0 Å². The Morgan fingerprint density at radius 1 is 0.958 bits per heavy atom. The molecule has 24 heavy (non-hydrogen) atoms. The fourth-order valence-corrected chi connectivity index (χ4v) is 8.91. The Labute approximate surface area is 149 Å². The molecule has 3 rings (SSSR count). The summed E-state index contributed by atoms with van der Waals surface area (Å²) in [6.07, 6.45) is 0. The molecule has 0 radical (unpaired) electrons. The Morgan fingerprint density at radius 2 is 1.46 bits per heavy atom. The molecule has 1 saturated heterocycles. The molecule has 3 heteroatoms. The fraction of sp³-hybridized carbons (Fsp3) is 0.381. The third kappa shape index (κ3) is 4.02. The van der Waals surface area contributed by atoms with Gasteiger partial charge in [-0.15, -0.1) is 0 Å². The summed E-state index contributed by atoms with van der Waals surface area (Å²) in [6.45, 7) is 0.542. The second-order valence-corrected chi connectivity index (χ2v) is 23.7. The Balaban J connectivity index is 2.00. The van der Waals surface area contributed by atoms with E-state index in [1.54, 1.807) is 0 Å². The van der Waals surface area contributed by atoms with E-state index in [-0.39, 0.29) is 23.7 Å². The van der Waals surface area contributed by atoms with Crippen molar-refractivity contribution in [1.82, 2.24) is 0 Å². The number of rotatable bonds is 5. The maximum atomic E-state index is 12.4. The summed E-state index contributed by atoms with van der Waals surface area (Å²) in [5.41, 5.74) is 2.56. The van der Waals surface area contributed by atoms with Gasteiger partial charge in [-0.1, -0.05) is 0 Å². The molecule has 0 aliphatic carbocycles. The fourth-order valence-electron chi connectivity index (χ4n) is 3.81. The third-order valence-corrected chi connectivity index (χ3v) is 9.57. The van der Waals surface area contributed by atoms with E-state index < -0.39 is 18.4 Å². The molecular formula is C21H26O2Sn. The van der Waals surface area contributed by atoms with E-state index in [1.165, 1.54) is 11.1 Å². The van der Waals surface area contributed by atoms with Crippen LogP contribution in [-0.2, 0) is 9.53 Å². The van der Waals surface area contributed by atoms with Crippen LogP contribution in [0.25, 0.3) is 0 Å². The van der Waals surface area contributed by atoms with Gasteiger partial charge in [0.15, 0.2) is 0 Å². The Morgan fingerprint density at radius 3 is 1.92 bits per heavy atom. The molecule has 0 N–H and O–H groups in total. The Kier molecular flexibility index (Phi) is 5.33. The molecule has 0 bridgehead atoms. The average molecular weight is 429 g/mol. The van der Waals surface area contributed by atoms with Crippen LogP contribution in [0.1, 0.15) is 17.0 Å². The Bertz CT molecular complexity index is 636. The molecule has 2 atom stereocenters. The predicted octanol–water partition coefficient (Wildman–Crippen LogP) is 4.95. The predicted molar refractivity (Wildman–Crippen MR) is 101 cm³/mol. The van der Waals surface area contributed by atoms with Crippen LogP contribution in [0.4, 0.5) is 0 Å². The molecule has 0 spiro atoms. The van der Waals surface area contributed by atoms with E-state index in [9.17, 15) is 4.79 Å². The number of benzene rings is 2. The number of ether oxygens (including phenoxy) is 1. The van der Waals surface area contributed by atoms with Crippen molar-refractivity contribution in [3.8, 4) is 0 Å². The average Bonchev–Trinajstić information content (AvgIpc) is 2.89. The molecule has 2 aromatic carbocycles. The number of esters is 1. The zero-order valence-corrected chi connectivity index (χ0v) is 17.6. The number of hydrogen-bond donors (Lipinski definition) is 0. The first-order valence-corrected chi connectivity index (χ1v) is 19.3. The van der Waals surface area contributed by atoms with Gasteiger partial charge in [-0.05, 0) is 0 Å². The van der Waals surface area contributed by atoms with Crippen LogP contribution in [0.3, 0.4) is 0 Å². The normalized spacial score (nSPS) is 21.1. The van der Waals surface area contributed by atoms with Crippen molar-refractivity contribution >= 4 is 24.3 Å². The van der Waals surface area contributed by atoms with Gasteiger partial charge in [-0.25, -0.2) is 0 Å². The molecule has 0 unspecified atom stereocenters. The molecule has 126 valence electrons. The van der Waals surface area contributed by atoms with Crippen LogP contribution in [0, 0.1) is 11.8 Å². The number of carbonyl (C=O) groups is 1. The third-order valence-electron chi connectivity index (χ3n) is 4.82. The van der Waals surface area contributed by atoms with Crippen LogP contribution >= 0.6 is 0 Å². The molecule has 0 amide bonds. The van der Waals surface area contributed by atoms with Gasteiger partial charge in [0.2, 0.25) is 0 Å². The molecule has 1 aliphatic heterocycles. The molecule has 0 saturated carbocycles. The van der Waals surface area contributed by atoms with E-state index in [4.69, 9.17) is 4.74 Å². The quantitative estimate of drug-likeness (QED) is 0.497. The maximum absolute atomic E-state index is 12.4. The van der Waals surface area contributed by atoms with Crippen LogP contribution in [0.2, 0.25) is 19.3 Å². The van der Waals surface area contributed by atoms with Gasteiger partial charge in [0.1, 0.15) is 0 Å². The summed E-state index contributed by atoms with van der Waals surface area (Å²) in [5, 5.41) is 0. The minimum atomic E-state index is -2.10. The van der Waals surface area contributed by atoms with Gasteiger partial charge in [-0.2, -0.15) is 0 Å². The summed E-state index contributed by atoms with van der Waals surface area (Å²) in [7, 11) is 0. The van der Waals surface area contributed by atoms with Gasteiger partial charge in [0.05, 0.1) is 0 Å². The molecule has 1 heterocycles. The summed E-state index contributed by atoms with van der Waals surface area (Å²) in [6, 6.07) is 21.1. The molecule has 1 fully saturated rings. The van der Waals surface area contributed by atoms with Gasteiger partial charge >= 0.3 is 149 Å². The second kappa shape index (κ2) is 7.30. The van der Waals surface area contributed by atoms with Crippen molar-refractivity contribution < 1.29 is 9.53 Å². The van der Waals surface area contributed by atoms with Gasteiger partial charge < -0.3 is 0 Å². The van der Waals surface area contributed by atoms with E-state index in [2.05, 4.69) is 63.3 Å². The van der Waals surface area contributed by atoms with Gasteiger partial charge in [0, 0.05) is 0 Å². The van der Waals surface area contributed by atoms with E-state index in [1.807, 2.05) is 12.1 Å². The first-order valence-electron chi connectivity index (χ1n) is 8.72. The van der Waals surface area contributed by atoms with Crippen molar-refractivity contribution in [2.24, 2.45) is 11.8 Å². The van der Waals surface area contributed by atoms with Crippen LogP contribution in [0.5, 0.6) is 0 Å². The van der Waals surface area contributed by atoms with Gasteiger partial charge in [-0.3, -0.25) is 0 Å². The van der Waals surface area contributed by atoms with E-state index in [0.717, 1.165) is 4.44 Å². The monoisotopic (exact) mass is 430 g/mol. The number of cyclic esters (lactones) is 1. The molecular weight excluding hydrogens is 403 g/mol. The van der Waals surface area contributed by atoms with Crippen molar-refractivity contribution in [2.75, 3.05) is 6.61 Å². The summed E-state index contributed by atoms with van der Waals surface area (Å²) in [4.78, 5) is 19.6. The van der Waals surface area contributed by atoms with Crippen molar-refractivity contribution in [1.29, 1.82) is 0 Å². The summed E-state index contributed by atoms with van der Waals surface area (Å²) < 4.78 is 6.61. The second-order valence-electron chi connectivity index (χ2n) is 7.96. The number of hydrogen-bond acceptors (Lipinski definition) is 2. The van der Waals surface area contributed by atoms with Crippen molar-refractivity contribution in [3.63, 3.8) is 0 Å². The van der Waals surface area contributed by atoms with Crippen LogP contribution in [-0.4, -0.2) is 31.0 Å². The molecule has 0 aromatic heterocycles. The number of carbonyl (C=O) groups excluding carboxylic acids is 1. The van der Waals surface area contributed by atoms with E-state index >= 15 is 0 Å². The topological polar surface area (TPSA) is 26.3 Å². The first-order chi connectivity index (χ1) is 11.5. The molecule has 1 aliphatic rings. The minimum absolute atomic E-state index is 0.0171. The first kappa shape index (κ1) is 17.5. The van der Waals surface area contributed by atoms with Gasteiger partial charge in [0.25, 0.3) is 0 Å². The SMILES string of the molecule is [CH3][Sn]([CH3])([CH3])[CH2][C@@H]1C(=O)OC[C@H]1C(c1ccccc1)c1ccccc1. The zero-order valence-electron chi connectivity index (χ0n) is 14.7. The van der Waals surface area contributed by atoms with Crippen LogP contribution in [0.15, 0.2) is 60.7 Å². The Hall–Kier alpha value is -1.29.